The topological polar surface area (TPSA) is 99.1 Å². The normalized spacial score (nSPS) is 13.9. The molecule has 0 saturated heterocycles. The van der Waals surface area contributed by atoms with Crippen molar-refractivity contribution >= 4 is 17.9 Å². The average Bonchev–Trinajstić information content (AvgIpc) is 3.15. The Morgan fingerprint density at radius 3 is 1.48 bits per heavy atom. The minimum absolute atomic E-state index is 0.00882. The second-order valence-electron chi connectivity index (χ2n) is 14.9. The minimum Gasteiger partial charge on any atom is -0.477 e. The number of hydrogen-bond donors (Lipinski definition) is 1. The summed E-state index contributed by atoms with van der Waals surface area (Å²) in [7, 11) is 5.47. The Balaban J connectivity index is 4.57. The van der Waals surface area contributed by atoms with Crippen molar-refractivity contribution < 1.29 is 38.2 Å². The van der Waals surface area contributed by atoms with Crippen LogP contribution in [0.25, 0.3) is 0 Å². The quantitative estimate of drug-likeness (QED) is 0.0292. The number of aliphatic carboxylic acids is 1. The number of carboxylic acid groups (broad SMARTS) is 1. The van der Waals surface area contributed by atoms with E-state index >= 15 is 0 Å². The lowest BCUT2D eigenvalue weighted by atomic mass is 10.1. The van der Waals surface area contributed by atoms with Crippen molar-refractivity contribution in [3.63, 3.8) is 0 Å². The fourth-order valence-corrected chi connectivity index (χ4v) is 5.46. The first kappa shape index (κ1) is 52.2. The number of carbonyl (C=O) groups excluding carboxylic acids is 2. The molecular weight excluding hydrogens is 703 g/mol. The molecule has 0 aliphatic rings. The number of carboxylic acids is 1. The SMILES string of the molecule is CC/C=C/C/C=C/C/C=C/C/C=C/C/C=C/C/C=C/CCC(=O)OCC(COCCC(C(=O)O)[N+](C)(C)C)OC(=O)CC/C=C/C/C=C/CCCCCCCC. The number of ether oxygens (including phenoxy) is 3. The number of esters is 2. The largest absolute Gasteiger partial charge is 0.477 e. The minimum atomic E-state index is -0.897. The molecule has 0 aromatic carbocycles. The van der Waals surface area contributed by atoms with E-state index in [1.807, 2.05) is 39.4 Å². The van der Waals surface area contributed by atoms with Gasteiger partial charge in [-0.3, -0.25) is 9.59 Å². The molecule has 1 N–H and O–H groups in total. The Labute approximate surface area is 341 Å². The van der Waals surface area contributed by atoms with E-state index in [1.165, 1.54) is 38.5 Å². The number of hydrogen-bond acceptors (Lipinski definition) is 6. The maximum Gasteiger partial charge on any atom is 0.362 e. The zero-order valence-electron chi connectivity index (χ0n) is 35.8. The van der Waals surface area contributed by atoms with Gasteiger partial charge in [0.25, 0.3) is 0 Å². The van der Waals surface area contributed by atoms with Crippen molar-refractivity contribution in [2.24, 2.45) is 0 Å². The van der Waals surface area contributed by atoms with Gasteiger partial charge in [0.15, 0.2) is 12.1 Å². The number of rotatable bonds is 36. The van der Waals surface area contributed by atoms with Gasteiger partial charge in [-0.15, -0.1) is 0 Å². The molecule has 0 aliphatic carbocycles. The first-order chi connectivity index (χ1) is 27.1. The van der Waals surface area contributed by atoms with Gasteiger partial charge in [0.05, 0.1) is 34.4 Å². The molecule has 0 aromatic rings. The summed E-state index contributed by atoms with van der Waals surface area (Å²) in [5.74, 6) is -1.68. The molecule has 2 unspecified atom stereocenters. The Bertz CT molecular complexity index is 1230. The van der Waals surface area contributed by atoms with Crippen LogP contribution in [-0.2, 0) is 28.6 Å². The highest BCUT2D eigenvalue weighted by atomic mass is 16.6. The van der Waals surface area contributed by atoms with Gasteiger partial charge in [0, 0.05) is 19.3 Å². The molecule has 8 nitrogen and oxygen atoms in total. The molecule has 0 saturated carbocycles. The van der Waals surface area contributed by atoms with E-state index in [4.69, 9.17) is 14.2 Å². The molecule has 0 heterocycles. The van der Waals surface area contributed by atoms with Gasteiger partial charge in [-0.05, 0) is 70.6 Å². The van der Waals surface area contributed by atoms with Crippen LogP contribution < -0.4 is 0 Å². The van der Waals surface area contributed by atoms with E-state index in [0.717, 1.165) is 51.4 Å². The van der Waals surface area contributed by atoms with E-state index in [0.29, 0.717) is 19.3 Å². The lowest BCUT2D eigenvalue weighted by Gasteiger charge is -2.31. The van der Waals surface area contributed by atoms with Gasteiger partial charge in [0.2, 0.25) is 0 Å². The fourth-order valence-electron chi connectivity index (χ4n) is 5.46. The lowest BCUT2D eigenvalue weighted by Crippen LogP contribution is -2.50. The number of unbranched alkanes of at least 4 members (excludes halogenated alkanes) is 6. The van der Waals surface area contributed by atoms with Crippen LogP contribution in [0.5, 0.6) is 0 Å². The number of likely N-dealkylation sites (N-methyl/N-ethyl adjacent to an activating group) is 1. The van der Waals surface area contributed by atoms with Gasteiger partial charge >= 0.3 is 17.9 Å². The number of quaternary nitrogens is 1. The summed E-state index contributed by atoms with van der Waals surface area (Å²) in [5.41, 5.74) is 0. The monoisotopic (exact) mass is 781 g/mol. The summed E-state index contributed by atoms with van der Waals surface area (Å²) in [4.78, 5) is 36.8. The third kappa shape index (κ3) is 35.9. The van der Waals surface area contributed by atoms with Gasteiger partial charge in [0.1, 0.15) is 6.61 Å². The summed E-state index contributed by atoms with van der Waals surface area (Å²) in [6.45, 7) is 4.44. The predicted octanol–water partition coefficient (Wildman–Crippen LogP) is 11.5. The Hall–Kier alpha value is -3.75. The number of carbonyl (C=O) groups is 3. The molecule has 0 aromatic heterocycles. The molecule has 0 fully saturated rings. The second kappa shape index (κ2) is 38.1. The summed E-state index contributed by atoms with van der Waals surface area (Å²) >= 11 is 0. The lowest BCUT2D eigenvalue weighted by molar-refractivity contribution is -0.887. The highest BCUT2D eigenvalue weighted by molar-refractivity contribution is 5.72. The Kier molecular flexibility index (Phi) is 35.6. The molecule has 0 radical (unpaired) electrons. The molecule has 2 atom stereocenters. The number of allylic oxidation sites excluding steroid dienone is 16. The third-order valence-corrected chi connectivity index (χ3v) is 8.74. The molecule has 0 amide bonds. The Morgan fingerprint density at radius 1 is 0.554 bits per heavy atom. The summed E-state index contributed by atoms with van der Waals surface area (Å²) < 4.78 is 17.1. The summed E-state index contributed by atoms with van der Waals surface area (Å²) in [6.07, 6.45) is 50.5. The van der Waals surface area contributed by atoms with Crippen LogP contribution in [0.4, 0.5) is 0 Å². The van der Waals surface area contributed by atoms with E-state index in [2.05, 4.69) is 92.8 Å². The smallest absolute Gasteiger partial charge is 0.362 e. The van der Waals surface area contributed by atoms with Gasteiger partial charge in [-0.1, -0.05) is 143 Å². The average molecular weight is 781 g/mol. The maximum atomic E-state index is 12.7. The molecule has 0 rings (SSSR count). The third-order valence-electron chi connectivity index (χ3n) is 8.74. The molecule has 0 bridgehead atoms. The van der Waals surface area contributed by atoms with Crippen molar-refractivity contribution in [3.8, 4) is 0 Å². The van der Waals surface area contributed by atoms with Crippen molar-refractivity contribution in [2.45, 2.75) is 148 Å². The highest BCUT2D eigenvalue weighted by Crippen LogP contribution is 2.11. The highest BCUT2D eigenvalue weighted by Gasteiger charge is 2.31. The van der Waals surface area contributed by atoms with E-state index in [-0.39, 0.29) is 43.1 Å². The van der Waals surface area contributed by atoms with Crippen molar-refractivity contribution in [1.29, 1.82) is 0 Å². The van der Waals surface area contributed by atoms with E-state index in [9.17, 15) is 19.5 Å². The van der Waals surface area contributed by atoms with E-state index in [1.54, 1.807) is 0 Å². The zero-order chi connectivity index (χ0) is 41.4. The molecule has 0 aliphatic heterocycles. The van der Waals surface area contributed by atoms with Gasteiger partial charge in [-0.25, -0.2) is 4.79 Å². The summed E-state index contributed by atoms with van der Waals surface area (Å²) in [6, 6.07) is -0.639. The van der Waals surface area contributed by atoms with Gasteiger partial charge in [-0.2, -0.15) is 0 Å². The molecule has 56 heavy (non-hydrogen) atoms. The molecule has 8 heteroatoms. The summed E-state index contributed by atoms with van der Waals surface area (Å²) in [5, 5.41) is 9.60. The molecule has 316 valence electrons. The molecular formula is C48H78NO7+. The zero-order valence-corrected chi connectivity index (χ0v) is 35.8. The number of nitrogens with zero attached hydrogens (tertiary/aromatic N) is 1. The fraction of sp³-hybridized carbons (Fsp3) is 0.604. The maximum absolute atomic E-state index is 12.7. The Morgan fingerprint density at radius 2 is 1.00 bits per heavy atom. The van der Waals surface area contributed by atoms with E-state index < -0.39 is 24.1 Å². The van der Waals surface area contributed by atoms with Crippen LogP contribution in [0.3, 0.4) is 0 Å². The van der Waals surface area contributed by atoms with Crippen LogP contribution >= 0.6 is 0 Å². The van der Waals surface area contributed by atoms with Crippen LogP contribution in [0, 0.1) is 0 Å². The first-order valence-corrected chi connectivity index (χ1v) is 21.3. The van der Waals surface area contributed by atoms with Crippen LogP contribution in [-0.4, -0.2) is 80.6 Å². The molecule has 0 spiro atoms. The van der Waals surface area contributed by atoms with Crippen LogP contribution in [0.1, 0.15) is 136 Å². The second-order valence-corrected chi connectivity index (χ2v) is 14.9. The van der Waals surface area contributed by atoms with Crippen LogP contribution in [0.2, 0.25) is 0 Å². The first-order valence-electron chi connectivity index (χ1n) is 21.3. The van der Waals surface area contributed by atoms with Crippen molar-refractivity contribution in [3.05, 3.63) is 97.2 Å². The van der Waals surface area contributed by atoms with Crippen molar-refractivity contribution in [2.75, 3.05) is 41.0 Å². The van der Waals surface area contributed by atoms with Crippen LogP contribution in [0.15, 0.2) is 97.2 Å². The predicted molar refractivity (Wildman–Crippen MR) is 233 cm³/mol. The van der Waals surface area contributed by atoms with Crippen molar-refractivity contribution in [1.82, 2.24) is 0 Å². The standard InChI is InChI=1S/C48H77NO7/c1-6-8-10-12-14-16-18-20-21-22-23-24-25-27-28-30-32-34-36-38-46(50)55-43-44(42-54-41-40-45(48(52)53)49(3,4)5)56-47(51)39-37-35-33-31-29-26-19-17-15-13-11-9-7-2/h8,10,14,16,20-21,23-24,26-29,32-35,44-45H,6-7,9,11-13,15,17-19,22,25,30-31,36-43H2,1-5H3/p+1/b10-8+,16-14+,21-20+,24-23+,28-27+,29-26+,34-32+,35-33+. The van der Waals surface area contributed by atoms with Gasteiger partial charge < -0.3 is 23.8 Å².